The molecule has 2 aromatic heterocycles. The van der Waals surface area contributed by atoms with Gasteiger partial charge in [-0.1, -0.05) is 0 Å². The van der Waals surface area contributed by atoms with E-state index in [0.29, 0.717) is 6.04 Å². The van der Waals surface area contributed by atoms with E-state index in [1.54, 1.807) is 16.2 Å². The van der Waals surface area contributed by atoms with Crippen molar-refractivity contribution < 1.29 is 0 Å². The second-order valence-electron chi connectivity index (χ2n) is 5.70. The number of aromatic nitrogens is 1. The minimum Gasteiger partial charge on any atom is -0.341 e. The quantitative estimate of drug-likeness (QED) is 0.936. The minimum absolute atomic E-state index is 0.459. The number of hydrogen-bond donors (Lipinski definition) is 1. The number of hydrogen-bond acceptors (Lipinski definition) is 5. The van der Waals surface area contributed by atoms with E-state index in [-0.39, 0.29) is 0 Å². The van der Waals surface area contributed by atoms with Gasteiger partial charge >= 0.3 is 0 Å². The molecule has 1 N–H and O–H groups in total. The maximum absolute atomic E-state index is 4.83. The number of thiazole rings is 1. The molecule has 0 aromatic carbocycles. The average molecular weight is 305 g/mol. The molecule has 5 heteroatoms. The molecule has 2 aliphatic rings. The summed E-state index contributed by atoms with van der Waals surface area (Å²) in [5.41, 5.74) is 2.69. The van der Waals surface area contributed by atoms with Crippen molar-refractivity contribution in [1.29, 1.82) is 0 Å². The highest BCUT2D eigenvalue weighted by Crippen LogP contribution is 2.37. The first kappa shape index (κ1) is 12.8. The Morgan fingerprint density at radius 1 is 1.40 bits per heavy atom. The van der Waals surface area contributed by atoms with Gasteiger partial charge in [0.1, 0.15) is 0 Å². The van der Waals surface area contributed by atoms with E-state index in [1.807, 2.05) is 11.3 Å². The smallest absolute Gasteiger partial charge is 0.186 e. The maximum Gasteiger partial charge on any atom is 0.186 e. The molecule has 1 aliphatic heterocycles. The van der Waals surface area contributed by atoms with Crippen LogP contribution in [0.3, 0.4) is 0 Å². The summed E-state index contributed by atoms with van der Waals surface area (Å²) in [7, 11) is 0. The van der Waals surface area contributed by atoms with Gasteiger partial charge in [0, 0.05) is 29.4 Å². The highest BCUT2D eigenvalue weighted by molar-refractivity contribution is 7.13. The molecule has 3 heterocycles. The summed E-state index contributed by atoms with van der Waals surface area (Å²) >= 11 is 3.68. The topological polar surface area (TPSA) is 28.2 Å². The monoisotopic (exact) mass is 305 g/mol. The van der Waals surface area contributed by atoms with Crippen LogP contribution in [0.15, 0.2) is 16.8 Å². The Bertz CT molecular complexity index is 600. The number of anilines is 1. The van der Waals surface area contributed by atoms with Crippen LogP contribution in [0.25, 0.3) is 0 Å². The number of nitrogens with zero attached hydrogens (tertiary/aromatic N) is 2. The Hall–Kier alpha value is -0.910. The summed E-state index contributed by atoms with van der Waals surface area (Å²) in [4.78, 5) is 8.84. The van der Waals surface area contributed by atoms with Gasteiger partial charge in [-0.2, -0.15) is 0 Å². The highest BCUT2D eigenvalue weighted by Gasteiger charge is 2.27. The predicted molar refractivity (Wildman–Crippen MR) is 85.8 cm³/mol. The van der Waals surface area contributed by atoms with Crippen LogP contribution in [-0.2, 0) is 13.0 Å². The Morgan fingerprint density at radius 2 is 2.30 bits per heavy atom. The fourth-order valence-electron chi connectivity index (χ4n) is 2.82. The molecule has 0 saturated heterocycles. The summed E-state index contributed by atoms with van der Waals surface area (Å²) in [5, 5.41) is 9.15. The summed E-state index contributed by atoms with van der Waals surface area (Å²) in [6, 6.07) is 3.49. The molecular formula is C15H19N3S2. The predicted octanol–water partition coefficient (Wildman–Crippen LogP) is 3.58. The lowest BCUT2D eigenvalue weighted by molar-refractivity contribution is 0.626. The van der Waals surface area contributed by atoms with Crippen LogP contribution in [0.5, 0.6) is 0 Å². The third-order valence-corrected chi connectivity index (χ3v) is 6.13. The van der Waals surface area contributed by atoms with Gasteiger partial charge in [-0.25, -0.2) is 4.98 Å². The van der Waals surface area contributed by atoms with Crippen LogP contribution >= 0.6 is 22.7 Å². The van der Waals surface area contributed by atoms with E-state index in [0.717, 1.165) is 25.6 Å². The molecule has 20 heavy (non-hydrogen) atoms. The fourth-order valence-corrected chi connectivity index (χ4v) is 4.71. The maximum atomic E-state index is 4.83. The van der Waals surface area contributed by atoms with Gasteiger partial charge in [0.25, 0.3) is 0 Å². The van der Waals surface area contributed by atoms with Crippen LogP contribution in [0.1, 0.15) is 41.9 Å². The van der Waals surface area contributed by atoms with E-state index in [1.165, 1.54) is 29.2 Å². The van der Waals surface area contributed by atoms with Crippen molar-refractivity contribution in [3.05, 3.63) is 33.0 Å². The molecule has 0 spiro atoms. The third-order valence-electron chi connectivity index (χ3n) is 4.21. The first-order valence-electron chi connectivity index (χ1n) is 7.32. The first-order chi connectivity index (χ1) is 9.81. The zero-order chi connectivity index (χ0) is 13.5. The molecule has 1 fully saturated rings. The van der Waals surface area contributed by atoms with Gasteiger partial charge in [-0.05, 0) is 43.2 Å². The normalized spacial score (nSPS) is 22.1. The number of nitrogens with one attached hydrogen (secondary N) is 1. The average Bonchev–Trinajstić information content (AvgIpc) is 2.98. The van der Waals surface area contributed by atoms with Crippen molar-refractivity contribution in [3.8, 4) is 0 Å². The van der Waals surface area contributed by atoms with Crippen LogP contribution in [0.2, 0.25) is 0 Å². The largest absolute Gasteiger partial charge is 0.341 e. The van der Waals surface area contributed by atoms with Gasteiger partial charge < -0.3 is 10.2 Å². The number of fused-ring (bicyclic) bond motifs is 1. The lowest BCUT2D eigenvalue weighted by atomic mass is 10.0. The van der Waals surface area contributed by atoms with Crippen molar-refractivity contribution >= 4 is 27.8 Å². The van der Waals surface area contributed by atoms with Crippen LogP contribution < -0.4 is 10.2 Å². The standard InChI is InChI=1S/C15H19N3S2/c1-10-13-5-7-19-14(13)4-6-18(10)15-17-12(9-20-15)8-16-11-2-3-11/h5,7,9-11,16H,2-4,6,8H2,1H3. The van der Waals surface area contributed by atoms with Gasteiger partial charge in [-0.3, -0.25) is 0 Å². The summed E-state index contributed by atoms with van der Waals surface area (Å²) < 4.78 is 0. The Balaban J connectivity index is 1.49. The van der Waals surface area contributed by atoms with Crippen LogP contribution in [0.4, 0.5) is 5.13 Å². The minimum atomic E-state index is 0.459. The summed E-state index contributed by atoms with van der Waals surface area (Å²) in [6.07, 6.45) is 3.83. The zero-order valence-corrected chi connectivity index (χ0v) is 13.3. The molecule has 0 radical (unpaired) electrons. The second kappa shape index (κ2) is 5.13. The summed E-state index contributed by atoms with van der Waals surface area (Å²) in [6.45, 7) is 4.32. The van der Waals surface area contributed by atoms with Crippen molar-refractivity contribution in [2.24, 2.45) is 0 Å². The zero-order valence-electron chi connectivity index (χ0n) is 11.6. The van der Waals surface area contributed by atoms with Crippen molar-refractivity contribution in [2.45, 2.75) is 44.8 Å². The molecule has 1 saturated carbocycles. The van der Waals surface area contributed by atoms with Gasteiger partial charge in [0.05, 0.1) is 11.7 Å². The summed E-state index contributed by atoms with van der Waals surface area (Å²) in [5.74, 6) is 0. The molecule has 0 amide bonds. The highest BCUT2D eigenvalue weighted by atomic mass is 32.1. The van der Waals surface area contributed by atoms with E-state index >= 15 is 0 Å². The Kier molecular flexibility index (Phi) is 3.28. The van der Waals surface area contributed by atoms with E-state index in [9.17, 15) is 0 Å². The van der Waals surface area contributed by atoms with Gasteiger partial charge in [-0.15, -0.1) is 22.7 Å². The van der Waals surface area contributed by atoms with E-state index < -0.39 is 0 Å². The molecule has 2 aromatic rings. The van der Waals surface area contributed by atoms with Crippen molar-refractivity contribution in [2.75, 3.05) is 11.4 Å². The van der Waals surface area contributed by atoms with Crippen molar-refractivity contribution in [3.63, 3.8) is 0 Å². The molecule has 1 atom stereocenters. The SMILES string of the molecule is CC1c2ccsc2CCN1c1nc(CNC2CC2)cs1. The van der Waals surface area contributed by atoms with Crippen LogP contribution in [0, 0.1) is 0 Å². The van der Waals surface area contributed by atoms with Gasteiger partial charge in [0.2, 0.25) is 0 Å². The number of rotatable bonds is 4. The van der Waals surface area contributed by atoms with Gasteiger partial charge in [0.15, 0.2) is 5.13 Å². The molecule has 0 bridgehead atoms. The first-order valence-corrected chi connectivity index (χ1v) is 9.08. The molecule has 3 nitrogen and oxygen atoms in total. The second-order valence-corrected chi connectivity index (χ2v) is 7.53. The molecule has 1 unspecified atom stereocenters. The molecule has 106 valence electrons. The molecule has 1 aliphatic carbocycles. The van der Waals surface area contributed by atoms with E-state index in [4.69, 9.17) is 4.98 Å². The molecule has 4 rings (SSSR count). The fraction of sp³-hybridized carbons (Fsp3) is 0.533. The van der Waals surface area contributed by atoms with Crippen molar-refractivity contribution in [1.82, 2.24) is 10.3 Å². The van der Waals surface area contributed by atoms with Crippen LogP contribution in [-0.4, -0.2) is 17.6 Å². The lowest BCUT2D eigenvalue weighted by Gasteiger charge is -2.33. The molecular weight excluding hydrogens is 286 g/mol. The third kappa shape index (κ3) is 2.38. The number of thiophene rings is 1. The Labute approximate surface area is 127 Å². The van der Waals surface area contributed by atoms with E-state index in [2.05, 4.69) is 34.0 Å². The lowest BCUT2D eigenvalue weighted by Crippen LogP contribution is -2.33. The Morgan fingerprint density at radius 3 is 3.15 bits per heavy atom.